The lowest BCUT2D eigenvalue weighted by molar-refractivity contribution is 0.207. The normalized spacial score (nSPS) is 13.3. The van der Waals surface area contributed by atoms with Crippen LogP contribution in [-0.2, 0) is 0 Å². The van der Waals surface area contributed by atoms with Crippen molar-refractivity contribution in [3.63, 3.8) is 0 Å². The van der Waals surface area contributed by atoms with E-state index in [1.165, 1.54) is 32.1 Å². The molecular formula is C16H35N3O. The zero-order chi connectivity index (χ0) is 15.6. The molecule has 4 heteroatoms. The molecule has 4 nitrogen and oxygen atoms in total. The Morgan fingerprint density at radius 3 is 2.30 bits per heavy atom. The lowest BCUT2D eigenvalue weighted by Gasteiger charge is -2.28. The molecule has 0 aliphatic heterocycles. The molecule has 0 aromatic heterocycles. The Hall–Kier alpha value is -0.770. The molecular weight excluding hydrogens is 250 g/mol. The van der Waals surface area contributed by atoms with Crippen LogP contribution >= 0.6 is 0 Å². The highest BCUT2D eigenvalue weighted by molar-refractivity contribution is 5.74. The minimum Gasteiger partial charge on any atom is -0.337 e. The third-order valence-electron chi connectivity index (χ3n) is 3.37. The van der Waals surface area contributed by atoms with Crippen LogP contribution in [0.25, 0.3) is 0 Å². The number of nitrogens with zero attached hydrogens (tertiary/aromatic N) is 1. The summed E-state index contributed by atoms with van der Waals surface area (Å²) >= 11 is 0. The van der Waals surface area contributed by atoms with E-state index < -0.39 is 0 Å². The minimum atomic E-state index is -0.179. The number of hydrogen-bond acceptors (Lipinski definition) is 2. The predicted octanol–water partition coefficient (Wildman–Crippen LogP) is 3.37. The van der Waals surface area contributed by atoms with Gasteiger partial charge in [0.15, 0.2) is 0 Å². The van der Waals surface area contributed by atoms with Crippen molar-refractivity contribution in [3.05, 3.63) is 0 Å². The summed E-state index contributed by atoms with van der Waals surface area (Å²) in [7, 11) is 2.17. The Kier molecular flexibility index (Phi) is 9.64. The summed E-state index contributed by atoms with van der Waals surface area (Å²) in [5.41, 5.74) is -0.179. The average Bonchev–Trinajstić information content (AvgIpc) is 2.32. The van der Waals surface area contributed by atoms with Gasteiger partial charge in [0, 0.05) is 24.7 Å². The number of urea groups is 1. The summed E-state index contributed by atoms with van der Waals surface area (Å²) in [6.45, 7) is 12.0. The van der Waals surface area contributed by atoms with E-state index in [2.05, 4.69) is 36.4 Å². The van der Waals surface area contributed by atoms with Gasteiger partial charge in [-0.3, -0.25) is 0 Å². The van der Waals surface area contributed by atoms with Crippen molar-refractivity contribution >= 4 is 6.03 Å². The minimum absolute atomic E-state index is 0.0773. The highest BCUT2D eigenvalue weighted by atomic mass is 16.2. The van der Waals surface area contributed by atoms with Gasteiger partial charge in [0.1, 0.15) is 0 Å². The molecule has 2 amide bonds. The first kappa shape index (κ1) is 19.2. The first-order chi connectivity index (χ1) is 9.30. The third-order valence-corrected chi connectivity index (χ3v) is 3.37. The van der Waals surface area contributed by atoms with Gasteiger partial charge in [-0.05, 0) is 40.7 Å². The highest BCUT2D eigenvalue weighted by Crippen LogP contribution is 2.12. The van der Waals surface area contributed by atoms with Crippen molar-refractivity contribution in [3.8, 4) is 0 Å². The number of carbonyl (C=O) groups is 1. The summed E-state index contributed by atoms with van der Waals surface area (Å²) in [5.74, 6) is 0. The van der Waals surface area contributed by atoms with Gasteiger partial charge in [-0.25, -0.2) is 4.79 Å². The maximum atomic E-state index is 11.7. The largest absolute Gasteiger partial charge is 0.337 e. The number of unbranched alkanes of at least 4 members (excludes halogenated alkanes) is 1. The molecule has 0 aromatic carbocycles. The molecule has 0 fully saturated rings. The van der Waals surface area contributed by atoms with Crippen molar-refractivity contribution in [2.24, 2.45) is 0 Å². The van der Waals surface area contributed by atoms with Gasteiger partial charge in [0.2, 0.25) is 0 Å². The fraction of sp³-hybridized carbons (Fsp3) is 0.938. The summed E-state index contributed by atoms with van der Waals surface area (Å²) in [6, 6.07) is 0.568. The lowest BCUT2D eigenvalue weighted by atomic mass is 10.0. The smallest absolute Gasteiger partial charge is 0.315 e. The second-order valence-electron chi connectivity index (χ2n) is 6.70. The first-order valence-electron chi connectivity index (χ1n) is 8.06. The molecule has 1 unspecified atom stereocenters. The fourth-order valence-electron chi connectivity index (χ4n) is 2.27. The molecule has 0 spiro atoms. The number of amides is 2. The van der Waals surface area contributed by atoms with Crippen LogP contribution in [0.2, 0.25) is 0 Å². The van der Waals surface area contributed by atoms with Crippen LogP contribution < -0.4 is 10.6 Å². The second kappa shape index (κ2) is 10.0. The molecule has 20 heavy (non-hydrogen) atoms. The summed E-state index contributed by atoms with van der Waals surface area (Å²) in [4.78, 5) is 14.1. The first-order valence-corrected chi connectivity index (χ1v) is 8.06. The van der Waals surface area contributed by atoms with E-state index in [0.29, 0.717) is 12.6 Å². The lowest BCUT2D eigenvalue weighted by Crippen LogP contribution is -2.48. The average molecular weight is 285 g/mol. The predicted molar refractivity (Wildman–Crippen MR) is 87.1 cm³/mol. The van der Waals surface area contributed by atoms with Gasteiger partial charge in [-0.1, -0.05) is 33.1 Å². The highest BCUT2D eigenvalue weighted by Gasteiger charge is 2.15. The van der Waals surface area contributed by atoms with Crippen LogP contribution in [0.4, 0.5) is 4.79 Å². The van der Waals surface area contributed by atoms with E-state index in [9.17, 15) is 4.79 Å². The maximum Gasteiger partial charge on any atom is 0.315 e. The van der Waals surface area contributed by atoms with Gasteiger partial charge < -0.3 is 15.5 Å². The van der Waals surface area contributed by atoms with Crippen molar-refractivity contribution in [1.29, 1.82) is 0 Å². The Morgan fingerprint density at radius 1 is 1.15 bits per heavy atom. The van der Waals surface area contributed by atoms with Crippen LogP contribution in [0.1, 0.15) is 66.7 Å². The topological polar surface area (TPSA) is 44.4 Å². The van der Waals surface area contributed by atoms with E-state index in [4.69, 9.17) is 0 Å². The Morgan fingerprint density at radius 2 is 1.80 bits per heavy atom. The van der Waals surface area contributed by atoms with Gasteiger partial charge in [0.05, 0.1) is 0 Å². The molecule has 0 aliphatic carbocycles. The van der Waals surface area contributed by atoms with Crippen LogP contribution in [0, 0.1) is 0 Å². The number of likely N-dealkylation sites (N-methyl/N-ethyl adjacent to an activating group) is 1. The van der Waals surface area contributed by atoms with Gasteiger partial charge in [-0.2, -0.15) is 0 Å². The molecule has 1 atom stereocenters. The molecule has 0 rings (SSSR count). The van der Waals surface area contributed by atoms with Crippen LogP contribution in [0.5, 0.6) is 0 Å². The number of hydrogen-bond donors (Lipinski definition) is 2. The van der Waals surface area contributed by atoms with E-state index in [1.807, 2.05) is 20.8 Å². The maximum absolute atomic E-state index is 11.7. The standard InChI is InChI=1S/C16H35N3O/c1-7-9-11-14(10-8-2)19(6)13-12-17-15(20)18-16(3,4)5/h14H,7-13H2,1-6H3,(H2,17,18,20). The van der Waals surface area contributed by atoms with Gasteiger partial charge >= 0.3 is 6.03 Å². The molecule has 120 valence electrons. The van der Waals surface area contributed by atoms with E-state index in [0.717, 1.165) is 6.54 Å². The van der Waals surface area contributed by atoms with Gasteiger partial charge in [0.25, 0.3) is 0 Å². The molecule has 2 N–H and O–H groups in total. The third kappa shape index (κ3) is 10.1. The zero-order valence-electron chi connectivity index (χ0n) is 14.4. The monoisotopic (exact) mass is 285 g/mol. The fourth-order valence-corrected chi connectivity index (χ4v) is 2.27. The molecule has 0 radical (unpaired) electrons. The van der Waals surface area contributed by atoms with E-state index in [-0.39, 0.29) is 11.6 Å². The van der Waals surface area contributed by atoms with E-state index in [1.54, 1.807) is 0 Å². The van der Waals surface area contributed by atoms with Crippen molar-refractivity contribution in [2.75, 3.05) is 20.1 Å². The molecule has 0 saturated carbocycles. The van der Waals surface area contributed by atoms with Crippen molar-refractivity contribution < 1.29 is 4.79 Å². The molecule has 0 aromatic rings. The van der Waals surface area contributed by atoms with Crippen LogP contribution in [-0.4, -0.2) is 42.6 Å². The summed E-state index contributed by atoms with van der Waals surface area (Å²) in [5, 5.41) is 5.84. The molecule has 0 aliphatic rings. The summed E-state index contributed by atoms with van der Waals surface area (Å²) in [6.07, 6.45) is 6.25. The summed E-state index contributed by atoms with van der Waals surface area (Å²) < 4.78 is 0. The quantitative estimate of drug-likeness (QED) is 0.682. The van der Waals surface area contributed by atoms with Crippen LogP contribution in [0.3, 0.4) is 0 Å². The molecule has 0 saturated heterocycles. The zero-order valence-corrected chi connectivity index (χ0v) is 14.4. The van der Waals surface area contributed by atoms with E-state index >= 15 is 0 Å². The Balaban J connectivity index is 3.99. The second-order valence-corrected chi connectivity index (χ2v) is 6.70. The number of rotatable bonds is 9. The number of carbonyl (C=O) groups excluding carboxylic acids is 1. The van der Waals surface area contributed by atoms with Gasteiger partial charge in [-0.15, -0.1) is 0 Å². The number of nitrogens with one attached hydrogen (secondary N) is 2. The molecule has 0 heterocycles. The van der Waals surface area contributed by atoms with Crippen molar-refractivity contribution in [2.45, 2.75) is 78.3 Å². The Bertz CT molecular complexity index is 261. The SMILES string of the molecule is CCCCC(CCC)N(C)CCNC(=O)NC(C)(C)C. The van der Waals surface area contributed by atoms with Crippen LogP contribution in [0.15, 0.2) is 0 Å². The Labute approximate surface area is 125 Å². The molecule has 0 bridgehead atoms. The van der Waals surface area contributed by atoms with Crippen molar-refractivity contribution in [1.82, 2.24) is 15.5 Å².